The number of nitrogens with one attached hydrogen (secondary N) is 2. The minimum absolute atomic E-state index is 0.575. The molecule has 0 aliphatic rings. The van der Waals surface area contributed by atoms with Crippen molar-refractivity contribution < 1.29 is 0 Å². The minimum atomic E-state index is 0.575. The maximum absolute atomic E-state index is 5.29. The number of hydrazine groups is 1. The standard InChI is InChI=1S/C6H13N3/c1-3-8-9-5-6(2)4-7/h3,5,8-9H,1,4,7H2,2H3/b6-5+. The molecular weight excluding hydrogens is 114 g/mol. The second-order valence-electron chi connectivity index (χ2n) is 1.69. The first-order valence-electron chi connectivity index (χ1n) is 2.79. The fraction of sp³-hybridized carbons (Fsp3) is 0.333. The zero-order valence-electron chi connectivity index (χ0n) is 5.65. The van der Waals surface area contributed by atoms with E-state index < -0.39 is 0 Å². The molecule has 0 fully saturated rings. The lowest BCUT2D eigenvalue weighted by atomic mass is 10.3. The second kappa shape index (κ2) is 5.18. The molecule has 4 N–H and O–H groups in total. The van der Waals surface area contributed by atoms with Crippen molar-refractivity contribution in [1.29, 1.82) is 0 Å². The van der Waals surface area contributed by atoms with E-state index in [9.17, 15) is 0 Å². The van der Waals surface area contributed by atoms with Crippen molar-refractivity contribution in [3.8, 4) is 0 Å². The molecule has 52 valence electrons. The van der Waals surface area contributed by atoms with Gasteiger partial charge in [-0.15, -0.1) is 0 Å². The van der Waals surface area contributed by atoms with Crippen LogP contribution < -0.4 is 16.6 Å². The van der Waals surface area contributed by atoms with Crippen molar-refractivity contribution in [2.75, 3.05) is 6.54 Å². The van der Waals surface area contributed by atoms with Crippen LogP contribution in [0.4, 0.5) is 0 Å². The zero-order valence-corrected chi connectivity index (χ0v) is 5.65. The Morgan fingerprint density at radius 3 is 2.78 bits per heavy atom. The van der Waals surface area contributed by atoms with E-state index in [1.54, 1.807) is 12.4 Å². The van der Waals surface area contributed by atoms with E-state index >= 15 is 0 Å². The summed E-state index contributed by atoms with van der Waals surface area (Å²) in [6.07, 6.45) is 3.35. The van der Waals surface area contributed by atoms with Gasteiger partial charge >= 0.3 is 0 Å². The summed E-state index contributed by atoms with van der Waals surface area (Å²) in [5.41, 5.74) is 11.9. The highest BCUT2D eigenvalue weighted by molar-refractivity contribution is 4.96. The quantitative estimate of drug-likeness (QED) is 0.370. The highest BCUT2D eigenvalue weighted by Gasteiger charge is 1.78. The summed E-state index contributed by atoms with van der Waals surface area (Å²) < 4.78 is 0. The van der Waals surface area contributed by atoms with Gasteiger partial charge in [-0.3, -0.25) is 0 Å². The molecule has 3 heteroatoms. The molecule has 0 rings (SSSR count). The third-order valence-electron chi connectivity index (χ3n) is 0.826. The molecule has 0 aliphatic carbocycles. The molecule has 0 spiro atoms. The molecule has 0 bridgehead atoms. The van der Waals surface area contributed by atoms with Gasteiger partial charge in [0.1, 0.15) is 0 Å². The molecular formula is C6H13N3. The Bertz CT molecular complexity index is 107. The van der Waals surface area contributed by atoms with Crippen molar-refractivity contribution >= 4 is 0 Å². The molecule has 0 aliphatic heterocycles. The first-order chi connectivity index (χ1) is 4.31. The van der Waals surface area contributed by atoms with Crippen LogP contribution >= 0.6 is 0 Å². The van der Waals surface area contributed by atoms with Crippen LogP contribution in [-0.4, -0.2) is 6.54 Å². The first kappa shape index (κ1) is 8.04. The molecule has 0 saturated carbocycles. The summed E-state index contributed by atoms with van der Waals surface area (Å²) in [5.74, 6) is 0. The molecule has 9 heavy (non-hydrogen) atoms. The molecule has 0 amide bonds. The van der Waals surface area contributed by atoms with E-state index in [1.807, 2.05) is 6.92 Å². The maximum atomic E-state index is 5.29. The van der Waals surface area contributed by atoms with Gasteiger partial charge in [-0.2, -0.15) is 0 Å². The van der Waals surface area contributed by atoms with Gasteiger partial charge in [-0.1, -0.05) is 6.58 Å². The van der Waals surface area contributed by atoms with E-state index in [2.05, 4.69) is 17.4 Å². The van der Waals surface area contributed by atoms with Crippen LogP contribution in [0.2, 0.25) is 0 Å². The highest BCUT2D eigenvalue weighted by atomic mass is 15.3. The summed E-state index contributed by atoms with van der Waals surface area (Å²) in [5, 5.41) is 0. The third-order valence-corrected chi connectivity index (χ3v) is 0.826. The number of nitrogens with two attached hydrogens (primary N) is 1. The Kier molecular flexibility index (Phi) is 4.63. The number of hydrogen-bond acceptors (Lipinski definition) is 3. The largest absolute Gasteiger partial charge is 0.327 e. The summed E-state index contributed by atoms with van der Waals surface area (Å²) in [7, 11) is 0. The number of hydrogen-bond donors (Lipinski definition) is 3. The van der Waals surface area contributed by atoms with Gasteiger partial charge in [0.2, 0.25) is 0 Å². The van der Waals surface area contributed by atoms with Crippen LogP contribution in [-0.2, 0) is 0 Å². The van der Waals surface area contributed by atoms with E-state index in [0.717, 1.165) is 5.57 Å². The predicted octanol–water partition coefficient (Wildman–Crippen LogP) is 0.0866. The van der Waals surface area contributed by atoms with Crippen LogP contribution in [0.3, 0.4) is 0 Å². The highest BCUT2D eigenvalue weighted by Crippen LogP contribution is 1.81. The van der Waals surface area contributed by atoms with Gasteiger partial charge in [-0.05, 0) is 12.5 Å². The van der Waals surface area contributed by atoms with Gasteiger partial charge < -0.3 is 16.6 Å². The van der Waals surface area contributed by atoms with E-state index in [-0.39, 0.29) is 0 Å². The third kappa shape index (κ3) is 4.90. The zero-order chi connectivity index (χ0) is 7.11. The van der Waals surface area contributed by atoms with Gasteiger partial charge in [-0.25, -0.2) is 0 Å². The lowest BCUT2D eigenvalue weighted by Crippen LogP contribution is -2.21. The fourth-order valence-electron chi connectivity index (χ4n) is 0.283. The lowest BCUT2D eigenvalue weighted by molar-refractivity contribution is 0.769. The summed E-state index contributed by atoms with van der Waals surface area (Å²) >= 11 is 0. The van der Waals surface area contributed by atoms with Crippen molar-refractivity contribution in [3.05, 3.63) is 24.6 Å². The summed E-state index contributed by atoms with van der Waals surface area (Å²) in [6, 6.07) is 0. The molecule has 0 atom stereocenters. The molecule has 0 aromatic rings. The summed E-state index contributed by atoms with van der Waals surface area (Å²) in [4.78, 5) is 0. The normalized spacial score (nSPS) is 10.7. The molecule has 0 saturated heterocycles. The monoisotopic (exact) mass is 127 g/mol. The Balaban J connectivity index is 3.31. The molecule has 0 unspecified atom stereocenters. The Morgan fingerprint density at radius 2 is 2.33 bits per heavy atom. The van der Waals surface area contributed by atoms with Crippen molar-refractivity contribution in [2.24, 2.45) is 5.73 Å². The first-order valence-corrected chi connectivity index (χ1v) is 2.79. The van der Waals surface area contributed by atoms with E-state index in [4.69, 9.17) is 5.73 Å². The maximum Gasteiger partial charge on any atom is 0.0179 e. The van der Waals surface area contributed by atoms with Crippen molar-refractivity contribution in [1.82, 2.24) is 10.9 Å². The number of rotatable bonds is 4. The van der Waals surface area contributed by atoms with Gasteiger partial charge in [0.25, 0.3) is 0 Å². The molecule has 3 nitrogen and oxygen atoms in total. The predicted molar refractivity (Wildman–Crippen MR) is 39.3 cm³/mol. The topological polar surface area (TPSA) is 50.1 Å². The second-order valence-corrected chi connectivity index (χ2v) is 1.69. The van der Waals surface area contributed by atoms with Crippen LogP contribution in [0, 0.1) is 0 Å². The van der Waals surface area contributed by atoms with E-state index in [1.165, 1.54) is 0 Å². The van der Waals surface area contributed by atoms with Crippen LogP contribution in [0.25, 0.3) is 0 Å². The Hall–Kier alpha value is -0.960. The van der Waals surface area contributed by atoms with Gasteiger partial charge in [0.15, 0.2) is 0 Å². The molecule has 0 aromatic heterocycles. The van der Waals surface area contributed by atoms with Crippen molar-refractivity contribution in [3.63, 3.8) is 0 Å². The minimum Gasteiger partial charge on any atom is -0.327 e. The van der Waals surface area contributed by atoms with Crippen molar-refractivity contribution in [2.45, 2.75) is 6.92 Å². The van der Waals surface area contributed by atoms with E-state index in [0.29, 0.717) is 6.54 Å². The lowest BCUT2D eigenvalue weighted by Gasteiger charge is -1.98. The molecule has 0 aromatic carbocycles. The Labute approximate surface area is 55.6 Å². The fourth-order valence-corrected chi connectivity index (χ4v) is 0.283. The average molecular weight is 127 g/mol. The smallest absolute Gasteiger partial charge is 0.0179 e. The SMILES string of the molecule is C=CNN/C=C(\C)CN. The molecule has 0 heterocycles. The Morgan fingerprint density at radius 1 is 1.67 bits per heavy atom. The van der Waals surface area contributed by atoms with Crippen LogP contribution in [0.5, 0.6) is 0 Å². The van der Waals surface area contributed by atoms with Crippen LogP contribution in [0.15, 0.2) is 24.6 Å². The van der Waals surface area contributed by atoms with Crippen LogP contribution in [0.1, 0.15) is 6.92 Å². The summed E-state index contributed by atoms with van der Waals surface area (Å²) in [6.45, 7) is 5.97. The average Bonchev–Trinajstić information content (AvgIpc) is 1.89. The van der Waals surface area contributed by atoms with Gasteiger partial charge in [0, 0.05) is 18.9 Å². The van der Waals surface area contributed by atoms with Gasteiger partial charge in [0.05, 0.1) is 0 Å². The molecule has 0 radical (unpaired) electrons.